The molecule has 1 aromatic heterocycles. The lowest BCUT2D eigenvalue weighted by molar-refractivity contribution is 0.680. The summed E-state index contributed by atoms with van der Waals surface area (Å²) in [5.74, 6) is -0.606. The second kappa shape index (κ2) is 7.28. The molecule has 0 aliphatic rings. The number of benzene rings is 2. The van der Waals surface area contributed by atoms with Gasteiger partial charge in [0.25, 0.3) is 5.56 Å². The van der Waals surface area contributed by atoms with Gasteiger partial charge in [-0.15, -0.1) is 0 Å². The van der Waals surface area contributed by atoms with Crippen molar-refractivity contribution in [3.8, 4) is 0 Å². The van der Waals surface area contributed by atoms with Crippen LogP contribution >= 0.6 is 31.9 Å². The lowest BCUT2D eigenvalue weighted by Gasteiger charge is -2.12. The molecular formula is C19H12Br2FNO. The van der Waals surface area contributed by atoms with Crippen LogP contribution in [0.2, 0.25) is 0 Å². The lowest BCUT2D eigenvalue weighted by Crippen LogP contribution is -2.16. The van der Waals surface area contributed by atoms with Gasteiger partial charge in [-0.05, 0) is 41.5 Å². The predicted molar refractivity (Wildman–Crippen MR) is 102 cm³/mol. The number of nitrogens with zero attached hydrogens (tertiary/aromatic N) is 1. The normalized spacial score (nSPS) is 10.5. The molecule has 0 radical (unpaired) electrons. The first kappa shape index (κ1) is 16.9. The minimum atomic E-state index is -0.606. The molecule has 3 rings (SSSR count). The molecule has 0 atom stereocenters. The summed E-state index contributed by atoms with van der Waals surface area (Å²) in [6.45, 7) is 0. The number of rotatable bonds is 3. The Labute approximate surface area is 155 Å². The van der Waals surface area contributed by atoms with Gasteiger partial charge in [0.15, 0.2) is 0 Å². The summed E-state index contributed by atoms with van der Waals surface area (Å²) >= 11 is 6.77. The maximum atomic E-state index is 15.3. The van der Waals surface area contributed by atoms with Crippen LogP contribution in [-0.4, -0.2) is 4.57 Å². The lowest BCUT2D eigenvalue weighted by atomic mass is 9.98. The Hall–Kier alpha value is -1.98. The Kier molecular flexibility index (Phi) is 5.11. The fourth-order valence-corrected chi connectivity index (χ4v) is 2.88. The van der Waals surface area contributed by atoms with E-state index in [1.54, 1.807) is 12.1 Å². The van der Waals surface area contributed by atoms with Crippen LogP contribution in [0, 0.1) is 0 Å². The summed E-state index contributed by atoms with van der Waals surface area (Å²) in [5, 5.41) is 0. The minimum absolute atomic E-state index is 0.364. The van der Waals surface area contributed by atoms with Crippen molar-refractivity contribution in [1.29, 1.82) is 0 Å². The number of hydrogen-bond donors (Lipinski definition) is 0. The highest BCUT2D eigenvalue weighted by atomic mass is 79.9. The van der Waals surface area contributed by atoms with Crippen LogP contribution in [0.15, 0.2) is 86.7 Å². The van der Waals surface area contributed by atoms with Crippen LogP contribution in [0.1, 0.15) is 11.1 Å². The highest BCUT2D eigenvalue weighted by molar-refractivity contribution is 9.10. The van der Waals surface area contributed by atoms with Crippen LogP contribution in [0.3, 0.4) is 0 Å². The molecule has 0 saturated heterocycles. The third kappa shape index (κ3) is 3.57. The van der Waals surface area contributed by atoms with Crippen molar-refractivity contribution in [1.82, 2.24) is 4.57 Å². The highest BCUT2D eigenvalue weighted by Gasteiger charge is 2.15. The first-order chi connectivity index (χ1) is 11.6. The van der Waals surface area contributed by atoms with E-state index in [-0.39, 0.29) is 0 Å². The fourth-order valence-electron chi connectivity index (χ4n) is 2.35. The summed E-state index contributed by atoms with van der Waals surface area (Å²) in [5.41, 5.74) is 1.33. The van der Waals surface area contributed by atoms with E-state index in [1.165, 1.54) is 12.3 Å². The van der Waals surface area contributed by atoms with Crippen molar-refractivity contribution >= 4 is 43.4 Å². The van der Waals surface area contributed by atoms with E-state index < -0.39 is 11.5 Å². The Balaban J connectivity index is 2.27. The summed E-state index contributed by atoms with van der Waals surface area (Å²) in [6.07, 6.45) is 1.43. The van der Waals surface area contributed by atoms with Crippen molar-refractivity contribution in [3.63, 3.8) is 0 Å². The molecule has 0 spiro atoms. The third-order valence-electron chi connectivity index (χ3n) is 3.51. The number of aromatic nitrogens is 1. The Morgan fingerprint density at radius 1 is 0.792 bits per heavy atom. The maximum absolute atomic E-state index is 15.3. The van der Waals surface area contributed by atoms with Crippen LogP contribution in [0.5, 0.6) is 0 Å². The molecule has 0 N–H and O–H groups in total. The van der Waals surface area contributed by atoms with Gasteiger partial charge in [0.1, 0.15) is 0 Å². The van der Waals surface area contributed by atoms with E-state index >= 15 is 4.39 Å². The van der Waals surface area contributed by atoms with Crippen molar-refractivity contribution in [3.05, 3.63) is 103 Å². The van der Waals surface area contributed by atoms with Gasteiger partial charge in [0, 0.05) is 26.8 Å². The van der Waals surface area contributed by atoms with Crippen LogP contribution < -0.4 is 5.56 Å². The average molecular weight is 449 g/mol. The number of halogens is 3. The van der Waals surface area contributed by atoms with Gasteiger partial charge in [0.05, 0.1) is 0 Å². The largest absolute Gasteiger partial charge is 0.269 e. The van der Waals surface area contributed by atoms with Crippen LogP contribution in [0.4, 0.5) is 4.39 Å². The molecule has 0 saturated carbocycles. The third-order valence-corrected chi connectivity index (χ3v) is 4.56. The first-order valence-corrected chi connectivity index (χ1v) is 8.74. The molecule has 1 heterocycles. The summed E-state index contributed by atoms with van der Waals surface area (Å²) in [6, 6.07) is 19.2. The molecule has 24 heavy (non-hydrogen) atoms. The van der Waals surface area contributed by atoms with Gasteiger partial charge >= 0.3 is 0 Å². The summed E-state index contributed by atoms with van der Waals surface area (Å²) < 4.78 is 18.1. The molecule has 0 bridgehead atoms. The maximum Gasteiger partial charge on any atom is 0.256 e. The molecule has 0 unspecified atom stereocenters. The highest BCUT2D eigenvalue weighted by Crippen LogP contribution is 2.31. The van der Waals surface area contributed by atoms with Gasteiger partial charge in [-0.3, -0.25) is 9.36 Å². The smallest absolute Gasteiger partial charge is 0.256 e. The monoisotopic (exact) mass is 447 g/mol. The Bertz CT molecular complexity index is 897. The SMILES string of the molecule is O=c1ccccn1C(F)=C(c1ccc(Br)cc1)c1ccc(Br)cc1. The summed E-state index contributed by atoms with van der Waals surface area (Å²) in [4.78, 5) is 12.0. The van der Waals surface area contributed by atoms with Gasteiger partial charge in [-0.2, -0.15) is 4.39 Å². The topological polar surface area (TPSA) is 22.0 Å². The molecule has 2 aromatic carbocycles. The molecule has 120 valence electrons. The van der Waals surface area contributed by atoms with E-state index in [2.05, 4.69) is 31.9 Å². The first-order valence-electron chi connectivity index (χ1n) is 7.16. The standard InChI is InChI=1S/C19H12Br2FNO/c20-15-8-4-13(5-9-15)18(14-6-10-16(21)11-7-14)19(22)23-12-2-1-3-17(23)24/h1-12H. The zero-order valence-electron chi connectivity index (χ0n) is 12.4. The second-order valence-corrected chi connectivity index (χ2v) is 6.92. The molecule has 5 heteroatoms. The Morgan fingerprint density at radius 3 is 1.75 bits per heavy atom. The number of hydrogen-bond acceptors (Lipinski definition) is 1. The molecule has 2 nitrogen and oxygen atoms in total. The van der Waals surface area contributed by atoms with Crippen molar-refractivity contribution in [2.75, 3.05) is 0 Å². The molecule has 0 fully saturated rings. The Morgan fingerprint density at radius 2 is 1.29 bits per heavy atom. The van der Waals surface area contributed by atoms with E-state index in [0.717, 1.165) is 13.5 Å². The molecular weight excluding hydrogens is 437 g/mol. The fraction of sp³-hybridized carbons (Fsp3) is 0. The number of pyridine rings is 1. The van der Waals surface area contributed by atoms with Crippen molar-refractivity contribution in [2.24, 2.45) is 0 Å². The molecule has 0 aliphatic heterocycles. The van der Waals surface area contributed by atoms with E-state index in [4.69, 9.17) is 0 Å². The van der Waals surface area contributed by atoms with E-state index in [1.807, 2.05) is 48.5 Å². The average Bonchev–Trinajstić information content (AvgIpc) is 2.59. The van der Waals surface area contributed by atoms with Crippen LogP contribution in [0.25, 0.3) is 11.5 Å². The molecule has 0 amide bonds. The van der Waals surface area contributed by atoms with Crippen molar-refractivity contribution in [2.45, 2.75) is 0 Å². The van der Waals surface area contributed by atoms with Crippen molar-refractivity contribution < 1.29 is 4.39 Å². The zero-order chi connectivity index (χ0) is 17.1. The molecule has 3 aromatic rings. The summed E-state index contributed by atoms with van der Waals surface area (Å²) in [7, 11) is 0. The zero-order valence-corrected chi connectivity index (χ0v) is 15.6. The van der Waals surface area contributed by atoms with Gasteiger partial charge in [0.2, 0.25) is 5.95 Å². The van der Waals surface area contributed by atoms with Gasteiger partial charge in [-0.25, -0.2) is 0 Å². The predicted octanol–water partition coefficient (Wildman–Crippen LogP) is 5.72. The van der Waals surface area contributed by atoms with Crippen LogP contribution in [-0.2, 0) is 0 Å². The second-order valence-electron chi connectivity index (χ2n) is 5.09. The minimum Gasteiger partial charge on any atom is -0.269 e. The van der Waals surface area contributed by atoms with E-state index in [0.29, 0.717) is 16.7 Å². The quantitative estimate of drug-likeness (QED) is 0.502. The van der Waals surface area contributed by atoms with Gasteiger partial charge < -0.3 is 0 Å². The van der Waals surface area contributed by atoms with E-state index in [9.17, 15) is 4.79 Å². The molecule has 0 aliphatic carbocycles. The van der Waals surface area contributed by atoms with Gasteiger partial charge in [-0.1, -0.05) is 62.2 Å².